The van der Waals surface area contributed by atoms with E-state index in [4.69, 9.17) is 14.6 Å². The van der Waals surface area contributed by atoms with Crippen molar-refractivity contribution in [3.05, 3.63) is 29.8 Å². The number of hydrogen-bond donors (Lipinski definition) is 2. The third-order valence-corrected chi connectivity index (χ3v) is 2.64. The molecule has 0 aliphatic carbocycles. The summed E-state index contributed by atoms with van der Waals surface area (Å²) in [5.41, 5.74) is 0.744. The van der Waals surface area contributed by atoms with Crippen molar-refractivity contribution < 1.29 is 24.2 Å². The quantitative estimate of drug-likeness (QED) is 0.747. The summed E-state index contributed by atoms with van der Waals surface area (Å²) >= 11 is 0. The van der Waals surface area contributed by atoms with Gasteiger partial charge >= 0.3 is 5.97 Å². The van der Waals surface area contributed by atoms with Crippen LogP contribution < -0.4 is 14.8 Å². The Hall–Kier alpha value is -2.50. The molecule has 0 aliphatic rings. The molecule has 0 unspecified atom stereocenters. The number of nitrogens with one attached hydrogen (secondary N) is 1. The fourth-order valence-corrected chi connectivity index (χ4v) is 1.56. The van der Waals surface area contributed by atoms with Crippen LogP contribution >= 0.6 is 0 Å². The van der Waals surface area contributed by atoms with E-state index < -0.39 is 17.9 Å². The lowest BCUT2D eigenvalue weighted by molar-refractivity contribution is -0.140. The fraction of sp³-hybridized carbons (Fsp3) is 0.333. The van der Waals surface area contributed by atoms with Gasteiger partial charge in [-0.1, -0.05) is 6.07 Å². The molecule has 0 aromatic heterocycles. The second-order valence-corrected chi connectivity index (χ2v) is 4.25. The van der Waals surface area contributed by atoms with Crippen LogP contribution in [0.1, 0.15) is 19.4 Å². The molecule has 0 bridgehead atoms. The molecule has 0 aliphatic heterocycles. The predicted molar refractivity (Wildman–Crippen MR) is 78.4 cm³/mol. The molecule has 6 heteroatoms. The topological polar surface area (TPSA) is 84.9 Å². The second kappa shape index (κ2) is 7.94. The van der Waals surface area contributed by atoms with Gasteiger partial charge in [0.15, 0.2) is 11.5 Å². The Morgan fingerprint density at radius 2 is 2.10 bits per heavy atom. The third kappa shape index (κ3) is 5.18. The normalized spacial score (nSPS) is 12.0. The maximum atomic E-state index is 11.5. The number of hydrogen-bond acceptors (Lipinski definition) is 4. The van der Waals surface area contributed by atoms with E-state index in [9.17, 15) is 9.59 Å². The van der Waals surface area contributed by atoms with Gasteiger partial charge in [-0.3, -0.25) is 9.59 Å². The van der Waals surface area contributed by atoms with E-state index in [2.05, 4.69) is 5.32 Å². The molecule has 2 N–H and O–H groups in total. The van der Waals surface area contributed by atoms with Crippen LogP contribution in [0.2, 0.25) is 0 Å². The molecule has 0 radical (unpaired) electrons. The number of ether oxygens (including phenoxy) is 2. The first-order chi connectivity index (χ1) is 9.97. The van der Waals surface area contributed by atoms with E-state index in [1.165, 1.54) is 20.1 Å². The Bertz CT molecular complexity index is 539. The van der Waals surface area contributed by atoms with Crippen LogP contribution in [0.15, 0.2) is 24.3 Å². The van der Waals surface area contributed by atoms with Gasteiger partial charge in [0.25, 0.3) is 0 Å². The largest absolute Gasteiger partial charge is 0.493 e. The van der Waals surface area contributed by atoms with Gasteiger partial charge in [-0.15, -0.1) is 0 Å². The van der Waals surface area contributed by atoms with E-state index in [0.717, 1.165) is 5.56 Å². The molecule has 1 aromatic carbocycles. The minimum absolute atomic E-state index is 0.474. The summed E-state index contributed by atoms with van der Waals surface area (Å²) in [4.78, 5) is 22.2. The zero-order valence-electron chi connectivity index (χ0n) is 12.3. The van der Waals surface area contributed by atoms with Crippen LogP contribution in [-0.4, -0.2) is 36.7 Å². The molecule has 1 rings (SSSR count). The molecule has 0 spiro atoms. The zero-order chi connectivity index (χ0) is 15.8. The number of carbonyl (C=O) groups is 2. The highest BCUT2D eigenvalue weighted by molar-refractivity contribution is 5.94. The molecule has 21 heavy (non-hydrogen) atoms. The number of benzene rings is 1. The molecular formula is C15H19NO5. The van der Waals surface area contributed by atoms with E-state index in [1.807, 2.05) is 6.92 Å². The molecule has 114 valence electrons. The molecule has 1 atom stereocenters. The summed E-state index contributed by atoms with van der Waals surface area (Å²) < 4.78 is 10.6. The molecule has 0 heterocycles. The maximum Gasteiger partial charge on any atom is 0.325 e. The monoisotopic (exact) mass is 293 g/mol. The molecular weight excluding hydrogens is 274 g/mol. The fourth-order valence-electron chi connectivity index (χ4n) is 1.56. The van der Waals surface area contributed by atoms with Crippen molar-refractivity contribution in [3.8, 4) is 11.5 Å². The number of carboxylic acids is 1. The molecule has 1 aromatic rings. The average Bonchev–Trinajstić information content (AvgIpc) is 2.46. The molecule has 0 saturated carbocycles. The van der Waals surface area contributed by atoms with Crippen LogP contribution in [0.3, 0.4) is 0 Å². The van der Waals surface area contributed by atoms with Crippen LogP contribution in [0.5, 0.6) is 11.5 Å². The van der Waals surface area contributed by atoms with E-state index in [0.29, 0.717) is 18.1 Å². The van der Waals surface area contributed by atoms with Crippen molar-refractivity contribution in [2.24, 2.45) is 0 Å². The van der Waals surface area contributed by atoms with Crippen LogP contribution in [0.4, 0.5) is 0 Å². The lowest BCUT2D eigenvalue weighted by Gasteiger charge is -2.09. The van der Waals surface area contributed by atoms with Crippen molar-refractivity contribution in [1.29, 1.82) is 0 Å². The summed E-state index contributed by atoms with van der Waals surface area (Å²) in [6.07, 6.45) is 2.84. The smallest absolute Gasteiger partial charge is 0.325 e. The third-order valence-electron chi connectivity index (χ3n) is 2.64. The van der Waals surface area contributed by atoms with Gasteiger partial charge in [0.1, 0.15) is 6.04 Å². The summed E-state index contributed by atoms with van der Waals surface area (Å²) in [6, 6.07) is 4.32. The molecule has 0 fully saturated rings. The lowest BCUT2D eigenvalue weighted by Crippen LogP contribution is -2.37. The highest BCUT2D eigenvalue weighted by Gasteiger charge is 2.11. The van der Waals surface area contributed by atoms with Gasteiger partial charge in [0, 0.05) is 6.08 Å². The highest BCUT2D eigenvalue weighted by atomic mass is 16.5. The van der Waals surface area contributed by atoms with Gasteiger partial charge in [0.05, 0.1) is 13.7 Å². The first-order valence-corrected chi connectivity index (χ1v) is 6.50. The van der Waals surface area contributed by atoms with Crippen molar-refractivity contribution >= 4 is 18.0 Å². The number of carbonyl (C=O) groups excluding carboxylic acids is 1. The highest BCUT2D eigenvalue weighted by Crippen LogP contribution is 2.28. The summed E-state index contributed by atoms with van der Waals surface area (Å²) in [5.74, 6) is -0.364. The number of aliphatic carboxylic acids is 1. The van der Waals surface area contributed by atoms with E-state index >= 15 is 0 Å². The van der Waals surface area contributed by atoms with E-state index in [-0.39, 0.29) is 0 Å². The van der Waals surface area contributed by atoms with Crippen molar-refractivity contribution in [2.75, 3.05) is 13.7 Å². The maximum absolute atomic E-state index is 11.5. The van der Waals surface area contributed by atoms with Gasteiger partial charge in [-0.05, 0) is 37.6 Å². The Kier molecular flexibility index (Phi) is 6.26. The molecule has 6 nitrogen and oxygen atoms in total. The van der Waals surface area contributed by atoms with Gasteiger partial charge in [0.2, 0.25) is 5.91 Å². The van der Waals surface area contributed by atoms with Crippen molar-refractivity contribution in [2.45, 2.75) is 19.9 Å². The van der Waals surface area contributed by atoms with Crippen LogP contribution in [0.25, 0.3) is 6.08 Å². The van der Waals surface area contributed by atoms with Gasteiger partial charge in [-0.2, -0.15) is 0 Å². The van der Waals surface area contributed by atoms with Crippen LogP contribution in [0, 0.1) is 0 Å². The van der Waals surface area contributed by atoms with Crippen LogP contribution in [-0.2, 0) is 9.59 Å². The first kappa shape index (κ1) is 16.6. The molecule has 0 saturated heterocycles. The summed E-state index contributed by atoms with van der Waals surface area (Å²) in [7, 11) is 1.53. The average molecular weight is 293 g/mol. The lowest BCUT2D eigenvalue weighted by atomic mass is 10.2. The zero-order valence-corrected chi connectivity index (χ0v) is 12.3. The predicted octanol–water partition coefficient (Wildman–Crippen LogP) is 1.70. The number of methoxy groups -OCH3 is 1. The molecule has 1 amide bonds. The minimum Gasteiger partial charge on any atom is -0.493 e. The summed E-state index contributed by atoms with van der Waals surface area (Å²) in [5, 5.41) is 11.0. The number of amides is 1. The van der Waals surface area contributed by atoms with Gasteiger partial charge in [-0.25, -0.2) is 0 Å². The Labute approximate surface area is 123 Å². The SMILES string of the molecule is CCOc1ccc(C=CC(=O)N[C@@H](C)C(=O)O)cc1OC. The minimum atomic E-state index is -1.08. The Morgan fingerprint density at radius 3 is 2.67 bits per heavy atom. The number of rotatable bonds is 7. The first-order valence-electron chi connectivity index (χ1n) is 6.50. The second-order valence-electron chi connectivity index (χ2n) is 4.25. The summed E-state index contributed by atoms with van der Waals surface area (Å²) in [6.45, 7) is 3.80. The Morgan fingerprint density at radius 1 is 1.38 bits per heavy atom. The number of carboxylic acid groups (broad SMARTS) is 1. The standard InChI is InChI=1S/C15H19NO5/c1-4-21-12-7-5-11(9-13(12)20-3)6-8-14(17)16-10(2)15(18)19/h5-10H,4H2,1-3H3,(H,16,17)(H,18,19)/t10-/m0/s1. The van der Waals surface area contributed by atoms with Crippen molar-refractivity contribution in [1.82, 2.24) is 5.32 Å². The van der Waals surface area contributed by atoms with E-state index in [1.54, 1.807) is 24.3 Å². The Balaban J connectivity index is 2.76. The van der Waals surface area contributed by atoms with Crippen molar-refractivity contribution in [3.63, 3.8) is 0 Å². The van der Waals surface area contributed by atoms with Gasteiger partial charge < -0.3 is 19.9 Å².